The van der Waals surface area contributed by atoms with E-state index in [-0.39, 0.29) is 43.1 Å². The van der Waals surface area contributed by atoms with Crippen LogP contribution in [0.15, 0.2) is 134 Å². The van der Waals surface area contributed by atoms with E-state index in [2.05, 4.69) is 207 Å². The maximum absolute atomic E-state index is 12.0. The van der Waals surface area contributed by atoms with Crippen LogP contribution in [-0.4, -0.2) is 19.6 Å². The van der Waals surface area contributed by atoms with Crippen LogP contribution >= 0.6 is 0 Å². The number of aromatic nitrogens is 3. The van der Waals surface area contributed by atoms with Crippen molar-refractivity contribution in [3.8, 4) is 67.5 Å². The number of hydrogen-bond acceptors (Lipinski definition) is 3. The zero-order chi connectivity index (χ0) is 44.1. The van der Waals surface area contributed by atoms with E-state index in [9.17, 15) is 5.11 Å². The van der Waals surface area contributed by atoms with Gasteiger partial charge in [-0.15, -0.1) is 29.3 Å². The Balaban J connectivity index is 0.00000595. The van der Waals surface area contributed by atoms with E-state index in [0.29, 0.717) is 11.4 Å². The molecule has 324 valence electrons. The van der Waals surface area contributed by atoms with Crippen molar-refractivity contribution in [3.63, 3.8) is 0 Å². The zero-order valence-corrected chi connectivity index (χ0v) is 41.0. The summed E-state index contributed by atoms with van der Waals surface area (Å²) in [7, 11) is 0. The van der Waals surface area contributed by atoms with Crippen LogP contribution in [0.1, 0.15) is 103 Å². The predicted octanol–water partition coefficient (Wildman–Crippen LogP) is 15.4. The summed E-state index contributed by atoms with van der Waals surface area (Å²) in [5.41, 5.74) is 17.3. The molecule has 0 fully saturated rings. The molecule has 0 amide bonds. The Hall–Kier alpha value is -5.57. The Morgan fingerprint density at radius 3 is 1.92 bits per heavy atom. The molecule has 8 aromatic rings. The fourth-order valence-corrected chi connectivity index (χ4v) is 8.40. The fourth-order valence-electron chi connectivity index (χ4n) is 8.40. The molecule has 1 N–H and O–H groups in total. The Morgan fingerprint density at radius 2 is 1.25 bits per heavy atom. The molecule has 0 radical (unpaired) electrons. The van der Waals surface area contributed by atoms with Crippen molar-refractivity contribution < 1.29 is 26.2 Å². The quantitative estimate of drug-likeness (QED) is 0.154. The molecule has 0 bridgehead atoms. The van der Waals surface area contributed by atoms with Crippen molar-refractivity contribution in [3.05, 3.63) is 167 Å². The first kappa shape index (κ1) is 45.5. The zero-order valence-electron chi connectivity index (χ0n) is 38.7. The number of pyridine rings is 1. The molecule has 4 nitrogen and oxygen atoms in total. The van der Waals surface area contributed by atoms with Gasteiger partial charge in [0.15, 0.2) is 0 Å². The Morgan fingerprint density at radius 1 is 0.587 bits per heavy atom. The molecule has 0 atom stereocenters. The molecule has 0 spiro atoms. The van der Waals surface area contributed by atoms with Crippen molar-refractivity contribution >= 4 is 11.0 Å². The largest absolute Gasteiger partial charge is 0.507 e. The maximum atomic E-state index is 12.0. The molecule has 63 heavy (non-hydrogen) atoms. The minimum absolute atomic E-state index is 0. The number of hydrogen-bond donors (Lipinski definition) is 1. The van der Waals surface area contributed by atoms with Gasteiger partial charge < -0.3 is 5.11 Å². The summed E-state index contributed by atoms with van der Waals surface area (Å²) in [4.78, 5) is 10.5. The average Bonchev–Trinajstić information content (AvgIpc) is 3.63. The number of phenolic OH excluding ortho intramolecular Hbond substituents is 1. The van der Waals surface area contributed by atoms with Crippen molar-refractivity contribution in [1.29, 1.82) is 0 Å². The van der Waals surface area contributed by atoms with Gasteiger partial charge in [0.1, 0.15) is 11.6 Å². The van der Waals surface area contributed by atoms with E-state index in [4.69, 9.17) is 9.97 Å². The van der Waals surface area contributed by atoms with E-state index in [1.807, 2.05) is 13.1 Å². The van der Waals surface area contributed by atoms with Gasteiger partial charge in [-0.25, -0.2) is 4.98 Å². The number of para-hydroxylation sites is 1. The molecule has 0 saturated heterocycles. The van der Waals surface area contributed by atoms with Crippen molar-refractivity contribution in [2.45, 2.75) is 105 Å². The summed E-state index contributed by atoms with van der Waals surface area (Å²) in [5, 5.41) is 12.0. The number of imidazole rings is 1. The second kappa shape index (κ2) is 17.5. The van der Waals surface area contributed by atoms with Crippen LogP contribution in [0.2, 0.25) is 0 Å². The molecule has 6 aromatic carbocycles. The maximum Gasteiger partial charge on any atom is 0.148 e. The van der Waals surface area contributed by atoms with Crippen LogP contribution in [0.4, 0.5) is 0 Å². The van der Waals surface area contributed by atoms with Gasteiger partial charge >= 0.3 is 0 Å². The normalized spacial score (nSPS) is 12.1. The van der Waals surface area contributed by atoms with Crippen LogP contribution < -0.4 is 0 Å². The number of fused-ring (bicyclic) bond motifs is 1. The van der Waals surface area contributed by atoms with Gasteiger partial charge in [-0.2, -0.15) is 0 Å². The van der Waals surface area contributed by atoms with E-state index < -0.39 is 0 Å². The molecule has 0 unspecified atom stereocenters. The molecule has 0 aliphatic carbocycles. The molecular weight excluding hydrogens is 950 g/mol. The monoisotopic (exact) mass is 1010 g/mol. The van der Waals surface area contributed by atoms with Crippen LogP contribution in [0, 0.1) is 13.0 Å². The van der Waals surface area contributed by atoms with Crippen molar-refractivity contribution in [2.75, 3.05) is 0 Å². The van der Waals surface area contributed by atoms with Gasteiger partial charge in [0.2, 0.25) is 0 Å². The van der Waals surface area contributed by atoms with Gasteiger partial charge in [0.25, 0.3) is 0 Å². The first-order valence-electron chi connectivity index (χ1n) is 22.1. The van der Waals surface area contributed by atoms with Gasteiger partial charge in [0, 0.05) is 38.5 Å². The number of nitrogens with zero attached hydrogens (tertiary/aromatic N) is 3. The minimum atomic E-state index is -0.154. The molecule has 0 aliphatic heterocycles. The summed E-state index contributed by atoms with van der Waals surface area (Å²) in [6, 6.07) is 49.6. The molecule has 5 heteroatoms. The van der Waals surface area contributed by atoms with Crippen LogP contribution in [0.3, 0.4) is 0 Å². The van der Waals surface area contributed by atoms with Gasteiger partial charge in [-0.05, 0) is 98.9 Å². The Bertz CT molecular complexity index is 2920. The Labute approximate surface area is 389 Å². The number of rotatable bonds is 8. The van der Waals surface area contributed by atoms with Crippen LogP contribution in [-0.2, 0) is 43.7 Å². The topological polar surface area (TPSA) is 50.9 Å². The number of benzene rings is 6. The number of phenols is 1. The first-order chi connectivity index (χ1) is 29.4. The third kappa shape index (κ3) is 9.25. The summed E-state index contributed by atoms with van der Waals surface area (Å²) in [6.07, 6.45) is 3.95. The third-order valence-corrected chi connectivity index (χ3v) is 12.2. The SMILES string of the molecule is CCCc1ccc(-n2c(-c3cc(C(C)(C)C)cc(C)c3O)nc3c(-c4[c-]c(-c5cc(-c6ccc(C(C)(C)C)cc6)ccn5)cc(C(C)(C)C)c4)cccc32)c(-c2ccccc2)c1.[Pt]. The first-order valence-corrected chi connectivity index (χ1v) is 22.1. The van der Waals surface area contributed by atoms with Crippen molar-refractivity contribution in [1.82, 2.24) is 14.5 Å². The fraction of sp³-hybridized carbons (Fsp3) is 0.276. The third-order valence-electron chi connectivity index (χ3n) is 12.2. The minimum Gasteiger partial charge on any atom is -0.507 e. The molecule has 2 heterocycles. The summed E-state index contributed by atoms with van der Waals surface area (Å²) >= 11 is 0. The second-order valence-corrected chi connectivity index (χ2v) is 20.1. The average molecular weight is 1010 g/mol. The van der Waals surface area contributed by atoms with Gasteiger partial charge in [-0.3, -0.25) is 9.55 Å². The van der Waals surface area contributed by atoms with Gasteiger partial charge in [0.05, 0.1) is 22.3 Å². The van der Waals surface area contributed by atoms with E-state index in [1.54, 1.807) is 0 Å². The smallest absolute Gasteiger partial charge is 0.148 e. The van der Waals surface area contributed by atoms with E-state index in [1.165, 1.54) is 16.7 Å². The number of aromatic hydroxyl groups is 1. The van der Waals surface area contributed by atoms with Crippen molar-refractivity contribution in [2.24, 2.45) is 0 Å². The molecular formula is C58H60N3OPt-. The molecule has 2 aromatic heterocycles. The molecule has 0 saturated carbocycles. The van der Waals surface area contributed by atoms with Gasteiger partial charge in [-0.1, -0.05) is 172 Å². The predicted molar refractivity (Wildman–Crippen MR) is 261 cm³/mol. The molecule has 8 rings (SSSR count). The van der Waals surface area contributed by atoms with E-state index in [0.717, 1.165) is 85.3 Å². The Kier molecular flexibility index (Phi) is 12.7. The van der Waals surface area contributed by atoms with E-state index >= 15 is 0 Å². The summed E-state index contributed by atoms with van der Waals surface area (Å²) < 4.78 is 2.27. The number of aryl methyl sites for hydroxylation is 2. The summed E-state index contributed by atoms with van der Waals surface area (Å²) in [6.45, 7) is 24.4. The second-order valence-electron chi connectivity index (χ2n) is 20.1. The summed E-state index contributed by atoms with van der Waals surface area (Å²) in [5.74, 6) is 0.932. The molecule has 0 aliphatic rings. The van der Waals surface area contributed by atoms with Crippen LogP contribution in [0.5, 0.6) is 5.75 Å². The van der Waals surface area contributed by atoms with Crippen LogP contribution in [0.25, 0.3) is 72.7 Å². The standard InChI is InChI=1S/C58H60N3O.Pt/c1-12-17-38-22-27-51(48(31-38)40-18-14-13-15-19-40)61-52-21-16-20-47(53(52)60-55(61)49-36-45(57(6,7)8)30-37(2)54(49)62)42-32-43(34-46(33-42)58(9,10)11)50-35-41(28-29-59-50)39-23-25-44(26-24-39)56(3,4)5;/h13-16,18-31,33-36,62H,12,17H2,1-11H3;/q-1;.